The number of thiophene rings is 1. The van der Waals surface area contributed by atoms with Crippen LogP contribution in [0.3, 0.4) is 0 Å². The average molecular weight is 177 g/mol. The van der Waals surface area contributed by atoms with Gasteiger partial charge in [0.2, 0.25) is 5.13 Å². The predicted octanol–water partition coefficient (Wildman–Crippen LogP) is 1.39. The molecule has 1 N–H and O–H groups in total. The van der Waals surface area contributed by atoms with Crippen molar-refractivity contribution in [2.75, 3.05) is 7.05 Å². The first-order valence-electron chi connectivity index (χ1n) is 2.82. The second kappa shape index (κ2) is 2.96. The molecule has 1 rings (SSSR count). The molecule has 0 spiro atoms. The van der Waals surface area contributed by atoms with Gasteiger partial charge in [-0.05, 0) is 0 Å². The van der Waals surface area contributed by atoms with Crippen molar-refractivity contribution in [1.82, 2.24) is 5.32 Å². The Labute approximate surface area is 65.8 Å². The van der Waals surface area contributed by atoms with Gasteiger partial charge in [-0.3, -0.25) is 4.79 Å². The van der Waals surface area contributed by atoms with Crippen molar-refractivity contribution >= 4 is 17.2 Å². The van der Waals surface area contributed by atoms with E-state index in [-0.39, 0.29) is 4.88 Å². The minimum Gasteiger partial charge on any atom is -0.354 e. The summed E-state index contributed by atoms with van der Waals surface area (Å²) < 4.78 is 24.6. The van der Waals surface area contributed by atoms with Crippen molar-refractivity contribution in [2.45, 2.75) is 0 Å². The van der Waals surface area contributed by atoms with Crippen LogP contribution in [0.2, 0.25) is 0 Å². The van der Waals surface area contributed by atoms with Crippen LogP contribution in [0.4, 0.5) is 8.78 Å². The number of carbonyl (C=O) groups is 1. The molecule has 1 heterocycles. The van der Waals surface area contributed by atoms with Crippen LogP contribution in [0.5, 0.6) is 0 Å². The molecule has 1 aromatic heterocycles. The average Bonchev–Trinajstić information content (AvgIpc) is 2.31. The largest absolute Gasteiger partial charge is 0.354 e. The van der Waals surface area contributed by atoms with Gasteiger partial charge in [0.15, 0.2) is 5.82 Å². The Morgan fingerprint density at radius 2 is 2.27 bits per heavy atom. The SMILES string of the molecule is CNC(=O)c1cc(F)c(F)s1. The Kier molecular flexibility index (Phi) is 2.19. The summed E-state index contributed by atoms with van der Waals surface area (Å²) in [6, 6.07) is 0.874. The Bertz CT molecular complexity index is 265. The second-order valence-electron chi connectivity index (χ2n) is 1.81. The molecule has 0 aliphatic rings. The molecule has 0 saturated heterocycles. The number of hydrogen-bond donors (Lipinski definition) is 1. The van der Waals surface area contributed by atoms with Crippen molar-refractivity contribution in [3.05, 3.63) is 21.9 Å². The van der Waals surface area contributed by atoms with E-state index in [0.29, 0.717) is 11.3 Å². The van der Waals surface area contributed by atoms with Crippen LogP contribution < -0.4 is 5.32 Å². The van der Waals surface area contributed by atoms with E-state index in [1.54, 1.807) is 0 Å². The molecule has 11 heavy (non-hydrogen) atoms. The van der Waals surface area contributed by atoms with Crippen molar-refractivity contribution in [3.8, 4) is 0 Å². The third kappa shape index (κ3) is 1.54. The van der Waals surface area contributed by atoms with E-state index >= 15 is 0 Å². The third-order valence-corrected chi connectivity index (χ3v) is 1.99. The van der Waals surface area contributed by atoms with E-state index < -0.39 is 16.9 Å². The van der Waals surface area contributed by atoms with Crippen LogP contribution in [0.25, 0.3) is 0 Å². The molecular weight excluding hydrogens is 172 g/mol. The van der Waals surface area contributed by atoms with Crippen LogP contribution in [0.15, 0.2) is 6.07 Å². The third-order valence-electron chi connectivity index (χ3n) is 1.10. The maximum atomic E-state index is 12.3. The van der Waals surface area contributed by atoms with Crippen LogP contribution >= 0.6 is 11.3 Å². The molecule has 0 aromatic carbocycles. The normalized spacial score (nSPS) is 9.73. The van der Waals surface area contributed by atoms with Gasteiger partial charge in [0.05, 0.1) is 4.88 Å². The molecule has 0 unspecified atom stereocenters. The van der Waals surface area contributed by atoms with Gasteiger partial charge in [-0.1, -0.05) is 11.3 Å². The van der Waals surface area contributed by atoms with Gasteiger partial charge in [0.1, 0.15) is 0 Å². The standard InChI is InChI=1S/C6H5F2NOS/c1-9-6(10)4-2-3(7)5(8)11-4/h2H,1H3,(H,9,10). The van der Waals surface area contributed by atoms with E-state index in [4.69, 9.17) is 0 Å². The summed E-state index contributed by atoms with van der Waals surface area (Å²) in [6.07, 6.45) is 0. The number of nitrogens with one attached hydrogen (secondary N) is 1. The Morgan fingerprint density at radius 3 is 2.64 bits per heavy atom. The summed E-state index contributed by atoms with van der Waals surface area (Å²) in [7, 11) is 1.40. The predicted molar refractivity (Wildman–Crippen MR) is 37.6 cm³/mol. The summed E-state index contributed by atoms with van der Waals surface area (Å²) in [4.78, 5) is 10.8. The molecular formula is C6H5F2NOS. The van der Waals surface area contributed by atoms with Gasteiger partial charge in [0.25, 0.3) is 5.91 Å². The van der Waals surface area contributed by atoms with Crippen LogP contribution in [-0.2, 0) is 0 Å². The Balaban J connectivity index is 2.97. The summed E-state index contributed by atoms with van der Waals surface area (Å²) in [5.41, 5.74) is 0. The fourth-order valence-corrected chi connectivity index (χ4v) is 1.29. The number of hydrogen-bond acceptors (Lipinski definition) is 2. The number of amides is 1. The highest BCUT2D eigenvalue weighted by atomic mass is 32.1. The van der Waals surface area contributed by atoms with Gasteiger partial charge >= 0.3 is 0 Å². The fourth-order valence-electron chi connectivity index (χ4n) is 0.582. The monoisotopic (exact) mass is 177 g/mol. The van der Waals surface area contributed by atoms with E-state index in [0.717, 1.165) is 6.07 Å². The zero-order valence-corrected chi connectivity index (χ0v) is 6.47. The summed E-state index contributed by atoms with van der Waals surface area (Å²) in [6.45, 7) is 0. The second-order valence-corrected chi connectivity index (χ2v) is 2.81. The Hall–Kier alpha value is -0.970. The topological polar surface area (TPSA) is 29.1 Å². The van der Waals surface area contributed by atoms with E-state index in [1.165, 1.54) is 7.05 Å². The van der Waals surface area contributed by atoms with E-state index in [2.05, 4.69) is 5.32 Å². The molecule has 0 aliphatic heterocycles. The van der Waals surface area contributed by atoms with Crippen molar-refractivity contribution in [2.24, 2.45) is 0 Å². The molecule has 2 nitrogen and oxygen atoms in total. The molecule has 0 saturated carbocycles. The minimum atomic E-state index is -0.978. The molecule has 0 aliphatic carbocycles. The maximum Gasteiger partial charge on any atom is 0.261 e. The van der Waals surface area contributed by atoms with Gasteiger partial charge < -0.3 is 5.32 Å². The molecule has 0 radical (unpaired) electrons. The Morgan fingerprint density at radius 1 is 1.64 bits per heavy atom. The number of halogens is 2. The zero-order valence-electron chi connectivity index (χ0n) is 5.65. The lowest BCUT2D eigenvalue weighted by Crippen LogP contribution is -2.16. The molecule has 0 bridgehead atoms. The highest BCUT2D eigenvalue weighted by Crippen LogP contribution is 2.18. The molecule has 1 amide bonds. The first kappa shape index (κ1) is 8.13. The minimum absolute atomic E-state index is 0.0440. The molecule has 5 heteroatoms. The first-order valence-corrected chi connectivity index (χ1v) is 3.63. The van der Waals surface area contributed by atoms with Crippen LogP contribution in [0, 0.1) is 10.9 Å². The molecule has 0 fully saturated rings. The molecule has 1 aromatic rings. The van der Waals surface area contributed by atoms with Crippen molar-refractivity contribution in [3.63, 3.8) is 0 Å². The summed E-state index contributed by atoms with van der Waals surface area (Å²) in [5, 5.41) is 1.30. The van der Waals surface area contributed by atoms with Crippen molar-refractivity contribution in [1.29, 1.82) is 0 Å². The van der Waals surface area contributed by atoms with E-state index in [9.17, 15) is 13.6 Å². The lowest BCUT2D eigenvalue weighted by Gasteiger charge is -1.90. The quantitative estimate of drug-likeness (QED) is 0.690. The highest BCUT2D eigenvalue weighted by molar-refractivity contribution is 7.12. The van der Waals surface area contributed by atoms with E-state index in [1.807, 2.05) is 0 Å². The lowest BCUT2D eigenvalue weighted by atomic mass is 10.4. The fraction of sp³-hybridized carbons (Fsp3) is 0.167. The van der Waals surface area contributed by atoms with Gasteiger partial charge in [-0.25, -0.2) is 4.39 Å². The van der Waals surface area contributed by atoms with Gasteiger partial charge in [-0.15, -0.1) is 0 Å². The molecule has 60 valence electrons. The van der Waals surface area contributed by atoms with Gasteiger partial charge in [0, 0.05) is 13.1 Å². The molecule has 0 atom stereocenters. The van der Waals surface area contributed by atoms with Crippen molar-refractivity contribution < 1.29 is 13.6 Å². The number of rotatable bonds is 1. The van der Waals surface area contributed by atoms with Gasteiger partial charge in [-0.2, -0.15) is 4.39 Å². The maximum absolute atomic E-state index is 12.3. The van der Waals surface area contributed by atoms with Crippen LogP contribution in [0.1, 0.15) is 9.67 Å². The first-order chi connectivity index (χ1) is 5.15. The number of carbonyl (C=O) groups excluding carboxylic acids is 1. The van der Waals surface area contributed by atoms with Crippen LogP contribution in [-0.4, -0.2) is 13.0 Å². The zero-order chi connectivity index (χ0) is 8.43. The summed E-state index contributed by atoms with van der Waals surface area (Å²) >= 11 is 0.493. The smallest absolute Gasteiger partial charge is 0.261 e. The highest BCUT2D eigenvalue weighted by Gasteiger charge is 2.12. The summed E-state index contributed by atoms with van der Waals surface area (Å²) in [5.74, 6) is -1.45. The lowest BCUT2D eigenvalue weighted by molar-refractivity contribution is 0.0967.